The summed E-state index contributed by atoms with van der Waals surface area (Å²) in [5, 5.41) is 12.3. The van der Waals surface area contributed by atoms with Gasteiger partial charge < -0.3 is 5.32 Å². The van der Waals surface area contributed by atoms with E-state index in [9.17, 15) is 0 Å². The predicted octanol–water partition coefficient (Wildman–Crippen LogP) is 3.93. The maximum Gasteiger partial charge on any atom is 0.0701 e. The van der Waals surface area contributed by atoms with Crippen molar-refractivity contribution in [2.45, 2.75) is 32.6 Å². The van der Waals surface area contributed by atoms with Crippen molar-refractivity contribution in [2.75, 3.05) is 13.1 Å². The van der Waals surface area contributed by atoms with Crippen molar-refractivity contribution in [3.8, 4) is 6.07 Å². The van der Waals surface area contributed by atoms with Crippen LogP contribution in [0, 0.1) is 17.2 Å². The third-order valence-electron chi connectivity index (χ3n) is 2.87. The maximum atomic E-state index is 8.88. The molecule has 0 bridgehead atoms. The van der Waals surface area contributed by atoms with E-state index in [-0.39, 0.29) is 11.3 Å². The quantitative estimate of drug-likeness (QED) is 0.863. The standard InChI is InChI=1S/C13H19BrN2S/c1-4-10(7-15)8-16-9-13(2,3)11-5-6-12(14)17-11/h5-6,10,16H,4,8-9H2,1-3H3. The SMILES string of the molecule is CCC(C#N)CNCC(C)(C)c1ccc(Br)s1. The van der Waals surface area contributed by atoms with Gasteiger partial charge in [-0.1, -0.05) is 20.8 Å². The average Bonchev–Trinajstić information content (AvgIpc) is 2.72. The number of thiophene rings is 1. The maximum absolute atomic E-state index is 8.88. The normalized spacial score (nSPS) is 13.4. The largest absolute Gasteiger partial charge is 0.315 e. The van der Waals surface area contributed by atoms with Crippen molar-refractivity contribution >= 4 is 27.3 Å². The lowest BCUT2D eigenvalue weighted by Crippen LogP contribution is -2.34. The monoisotopic (exact) mass is 314 g/mol. The number of nitrogens with one attached hydrogen (secondary N) is 1. The van der Waals surface area contributed by atoms with Gasteiger partial charge in [-0.05, 0) is 34.5 Å². The van der Waals surface area contributed by atoms with E-state index in [4.69, 9.17) is 5.26 Å². The highest BCUT2D eigenvalue weighted by atomic mass is 79.9. The van der Waals surface area contributed by atoms with Crippen LogP contribution in [0.25, 0.3) is 0 Å². The summed E-state index contributed by atoms with van der Waals surface area (Å²) in [6.07, 6.45) is 0.911. The molecule has 0 amide bonds. The summed E-state index contributed by atoms with van der Waals surface area (Å²) in [7, 11) is 0. The van der Waals surface area contributed by atoms with Crippen molar-refractivity contribution in [2.24, 2.45) is 5.92 Å². The van der Waals surface area contributed by atoms with Gasteiger partial charge in [0.1, 0.15) is 0 Å². The van der Waals surface area contributed by atoms with Crippen molar-refractivity contribution in [1.29, 1.82) is 5.26 Å². The molecular formula is C13H19BrN2S. The molecular weight excluding hydrogens is 296 g/mol. The van der Waals surface area contributed by atoms with Crippen molar-refractivity contribution in [1.82, 2.24) is 5.32 Å². The van der Waals surface area contributed by atoms with Crippen molar-refractivity contribution in [3.05, 3.63) is 20.8 Å². The number of halogens is 1. The van der Waals surface area contributed by atoms with E-state index in [1.54, 1.807) is 11.3 Å². The van der Waals surface area contributed by atoms with E-state index in [1.807, 2.05) is 0 Å². The molecule has 4 heteroatoms. The molecule has 0 aliphatic heterocycles. The lowest BCUT2D eigenvalue weighted by Gasteiger charge is -2.24. The molecule has 0 spiro atoms. The molecule has 0 aliphatic rings. The van der Waals surface area contributed by atoms with E-state index in [0.717, 1.165) is 19.5 Å². The molecule has 0 radical (unpaired) electrons. The Labute approximate surface area is 116 Å². The minimum absolute atomic E-state index is 0.116. The number of hydrogen-bond donors (Lipinski definition) is 1. The molecule has 1 heterocycles. The van der Waals surface area contributed by atoms with Gasteiger partial charge in [-0.3, -0.25) is 0 Å². The molecule has 0 saturated heterocycles. The third kappa shape index (κ3) is 4.42. The molecule has 1 rings (SSSR count). The summed E-state index contributed by atoms with van der Waals surface area (Å²) < 4.78 is 1.17. The summed E-state index contributed by atoms with van der Waals surface area (Å²) in [5.74, 6) is 0.126. The molecule has 0 aliphatic carbocycles. The van der Waals surface area contributed by atoms with E-state index in [0.29, 0.717) is 0 Å². The van der Waals surface area contributed by atoms with Crippen LogP contribution in [0.1, 0.15) is 32.1 Å². The number of nitrogens with zero attached hydrogens (tertiary/aromatic N) is 1. The zero-order chi connectivity index (χ0) is 12.9. The van der Waals surface area contributed by atoms with Crippen LogP contribution in [0.15, 0.2) is 15.9 Å². The molecule has 1 atom stereocenters. The fourth-order valence-corrected chi connectivity index (χ4v) is 3.09. The van der Waals surface area contributed by atoms with Crippen molar-refractivity contribution in [3.63, 3.8) is 0 Å². The molecule has 1 unspecified atom stereocenters. The first-order valence-corrected chi connectivity index (χ1v) is 7.46. The first-order valence-electron chi connectivity index (χ1n) is 5.85. The molecule has 1 aromatic rings. The Hall–Kier alpha value is -0.370. The van der Waals surface area contributed by atoms with Gasteiger partial charge in [-0.25, -0.2) is 0 Å². The first-order chi connectivity index (χ1) is 7.99. The van der Waals surface area contributed by atoms with Crippen LogP contribution in [0.2, 0.25) is 0 Å². The molecule has 1 aromatic heterocycles. The Morgan fingerprint density at radius 2 is 2.24 bits per heavy atom. The van der Waals surface area contributed by atoms with Crippen LogP contribution in [-0.4, -0.2) is 13.1 Å². The Balaban J connectivity index is 2.48. The number of rotatable bonds is 6. The van der Waals surface area contributed by atoms with Crippen LogP contribution >= 0.6 is 27.3 Å². The second kappa shape index (κ2) is 6.53. The Bertz CT molecular complexity index is 392. The lowest BCUT2D eigenvalue weighted by molar-refractivity contribution is 0.450. The smallest absolute Gasteiger partial charge is 0.0701 e. The minimum Gasteiger partial charge on any atom is -0.315 e. The second-order valence-electron chi connectivity index (χ2n) is 4.85. The molecule has 2 nitrogen and oxygen atoms in total. The third-order valence-corrected chi connectivity index (χ3v) is 4.86. The van der Waals surface area contributed by atoms with Crippen LogP contribution < -0.4 is 5.32 Å². The van der Waals surface area contributed by atoms with Crippen LogP contribution in [0.3, 0.4) is 0 Å². The highest BCUT2D eigenvalue weighted by Gasteiger charge is 2.22. The molecule has 0 saturated carbocycles. The Kier molecular flexibility index (Phi) is 5.64. The molecule has 0 aromatic carbocycles. The highest BCUT2D eigenvalue weighted by Crippen LogP contribution is 2.32. The summed E-state index contributed by atoms with van der Waals surface area (Å²) in [5.41, 5.74) is 0.116. The van der Waals surface area contributed by atoms with Gasteiger partial charge in [0, 0.05) is 23.4 Å². The number of hydrogen-bond acceptors (Lipinski definition) is 3. The van der Waals surface area contributed by atoms with Gasteiger partial charge in [-0.15, -0.1) is 11.3 Å². The van der Waals surface area contributed by atoms with E-state index >= 15 is 0 Å². The molecule has 17 heavy (non-hydrogen) atoms. The summed E-state index contributed by atoms with van der Waals surface area (Å²) in [4.78, 5) is 1.36. The average molecular weight is 315 g/mol. The minimum atomic E-state index is 0.116. The topological polar surface area (TPSA) is 35.8 Å². The fourth-order valence-electron chi connectivity index (χ4n) is 1.61. The van der Waals surface area contributed by atoms with Crippen LogP contribution in [0.4, 0.5) is 0 Å². The van der Waals surface area contributed by atoms with Gasteiger partial charge >= 0.3 is 0 Å². The highest BCUT2D eigenvalue weighted by molar-refractivity contribution is 9.11. The summed E-state index contributed by atoms with van der Waals surface area (Å²) in [6.45, 7) is 8.19. The van der Waals surface area contributed by atoms with E-state index < -0.39 is 0 Å². The summed E-state index contributed by atoms with van der Waals surface area (Å²) >= 11 is 5.27. The van der Waals surface area contributed by atoms with Gasteiger partial charge in [0.15, 0.2) is 0 Å². The predicted molar refractivity (Wildman–Crippen MR) is 77.3 cm³/mol. The summed E-state index contributed by atoms with van der Waals surface area (Å²) in [6, 6.07) is 6.57. The Morgan fingerprint density at radius 1 is 1.53 bits per heavy atom. The van der Waals surface area contributed by atoms with Crippen LogP contribution in [-0.2, 0) is 5.41 Å². The molecule has 94 valence electrons. The zero-order valence-electron chi connectivity index (χ0n) is 10.6. The van der Waals surface area contributed by atoms with Crippen molar-refractivity contribution < 1.29 is 0 Å². The zero-order valence-corrected chi connectivity index (χ0v) is 13.0. The lowest BCUT2D eigenvalue weighted by atomic mass is 9.91. The van der Waals surface area contributed by atoms with E-state index in [2.05, 4.69) is 60.2 Å². The molecule has 0 fully saturated rings. The second-order valence-corrected chi connectivity index (χ2v) is 7.32. The van der Waals surface area contributed by atoms with Gasteiger partial charge in [-0.2, -0.15) is 5.26 Å². The Morgan fingerprint density at radius 3 is 2.71 bits per heavy atom. The van der Waals surface area contributed by atoms with Gasteiger partial charge in [0.05, 0.1) is 15.8 Å². The van der Waals surface area contributed by atoms with Gasteiger partial charge in [0.2, 0.25) is 0 Å². The van der Waals surface area contributed by atoms with Crippen LogP contribution in [0.5, 0.6) is 0 Å². The van der Waals surface area contributed by atoms with Gasteiger partial charge in [0.25, 0.3) is 0 Å². The number of nitriles is 1. The van der Waals surface area contributed by atoms with E-state index in [1.165, 1.54) is 8.66 Å². The fraction of sp³-hybridized carbons (Fsp3) is 0.615. The first kappa shape index (κ1) is 14.7. The molecule has 1 N–H and O–H groups in total.